The van der Waals surface area contributed by atoms with Crippen molar-refractivity contribution in [2.45, 2.75) is 68.0 Å². The first kappa shape index (κ1) is 31.0. The lowest BCUT2D eigenvalue weighted by Crippen LogP contribution is -2.43. The Morgan fingerprint density at radius 2 is 2.00 bits per heavy atom. The lowest BCUT2D eigenvalue weighted by atomic mass is 10.1. The van der Waals surface area contributed by atoms with Gasteiger partial charge in [-0.3, -0.25) is 4.57 Å². The van der Waals surface area contributed by atoms with Crippen LogP contribution in [0.25, 0.3) is 11.0 Å². The summed E-state index contributed by atoms with van der Waals surface area (Å²) < 4.78 is 35.0. The number of carboxylic acids is 1. The molecule has 1 saturated carbocycles. The topological polar surface area (TPSA) is 228 Å². The molecule has 2 aromatic heterocycles. The minimum atomic E-state index is -5.03. The summed E-state index contributed by atoms with van der Waals surface area (Å²) in [5.41, 5.74) is 0.248. The number of anilines is 1. The van der Waals surface area contributed by atoms with Crippen molar-refractivity contribution in [1.82, 2.24) is 19.7 Å². The van der Waals surface area contributed by atoms with Crippen molar-refractivity contribution in [1.29, 1.82) is 0 Å². The summed E-state index contributed by atoms with van der Waals surface area (Å²) in [6.45, 7) is -2.17. The van der Waals surface area contributed by atoms with Gasteiger partial charge in [0.1, 0.15) is 30.7 Å². The first-order chi connectivity index (χ1) is 19.0. The van der Waals surface area contributed by atoms with E-state index in [4.69, 9.17) is 35.7 Å². The third kappa shape index (κ3) is 6.73. The molecule has 0 amide bonds. The summed E-state index contributed by atoms with van der Waals surface area (Å²) in [5, 5.41) is 36.2. The van der Waals surface area contributed by atoms with E-state index in [1.54, 1.807) is 0 Å². The molecular formula is C22H33ClN5O11P. The van der Waals surface area contributed by atoms with E-state index in [1.807, 2.05) is 0 Å². The molecule has 0 radical (unpaired) electrons. The molecule has 2 fully saturated rings. The van der Waals surface area contributed by atoms with Crippen molar-refractivity contribution in [3.8, 4) is 0 Å². The van der Waals surface area contributed by atoms with Crippen LogP contribution in [0.2, 0.25) is 5.28 Å². The van der Waals surface area contributed by atoms with Crippen LogP contribution < -0.4 is 5.32 Å². The van der Waals surface area contributed by atoms with Gasteiger partial charge in [-0.05, 0) is 24.4 Å². The monoisotopic (exact) mass is 609 g/mol. The number of ether oxygens (including phenoxy) is 4. The zero-order valence-electron chi connectivity index (χ0n) is 21.6. The van der Waals surface area contributed by atoms with Crippen molar-refractivity contribution in [3.05, 3.63) is 11.5 Å². The Kier molecular flexibility index (Phi) is 9.99. The molecule has 3 heterocycles. The molecule has 2 aromatic rings. The zero-order valence-corrected chi connectivity index (χ0v) is 23.3. The van der Waals surface area contributed by atoms with E-state index < -0.39 is 69.7 Å². The van der Waals surface area contributed by atoms with Crippen LogP contribution in [0, 0.1) is 0 Å². The highest BCUT2D eigenvalue weighted by molar-refractivity contribution is 7.53. The van der Waals surface area contributed by atoms with Gasteiger partial charge in [0.25, 0.3) is 0 Å². The number of carbonyl (C=O) groups is 1. The van der Waals surface area contributed by atoms with E-state index in [9.17, 15) is 29.4 Å². The molecular weight excluding hydrogens is 577 g/mol. The van der Waals surface area contributed by atoms with E-state index in [0.29, 0.717) is 11.2 Å². The Labute approximate surface area is 233 Å². The summed E-state index contributed by atoms with van der Waals surface area (Å²) in [6, 6.07) is 0.227. The first-order valence-corrected chi connectivity index (χ1v) is 14.6. The lowest BCUT2D eigenvalue weighted by Gasteiger charge is -2.34. The molecule has 18 heteroatoms. The SMILES string of the molecule is COCC(CCOCC(=O)O)(OC[C@H]1O[C@@H](n2ncc3c(NC4CCCC4)nc(Cl)nc32)[C@H](O)[C@@H]1O)P(=O)(O)O. The molecule has 1 aliphatic carbocycles. The fourth-order valence-electron chi connectivity index (χ4n) is 4.88. The van der Waals surface area contributed by atoms with Crippen molar-refractivity contribution >= 4 is 42.0 Å². The number of fused-ring (bicyclic) bond motifs is 1. The molecule has 224 valence electrons. The van der Waals surface area contributed by atoms with Crippen molar-refractivity contribution in [2.24, 2.45) is 0 Å². The Balaban J connectivity index is 1.51. The number of hydrogen-bond donors (Lipinski definition) is 6. The van der Waals surface area contributed by atoms with Gasteiger partial charge in [-0.25, -0.2) is 9.48 Å². The molecule has 16 nitrogen and oxygen atoms in total. The Morgan fingerprint density at radius 1 is 1.27 bits per heavy atom. The molecule has 4 rings (SSSR count). The molecule has 2 aliphatic rings. The normalized spacial score (nSPS) is 25.4. The van der Waals surface area contributed by atoms with E-state index >= 15 is 0 Å². The fourth-order valence-corrected chi connectivity index (χ4v) is 5.97. The second-order valence-corrected chi connectivity index (χ2v) is 12.0. The van der Waals surface area contributed by atoms with Crippen LogP contribution in [-0.4, -0.2) is 114 Å². The molecule has 1 unspecified atom stereocenters. The van der Waals surface area contributed by atoms with Gasteiger partial charge in [-0.15, -0.1) is 0 Å². The minimum Gasteiger partial charge on any atom is -0.480 e. The zero-order chi connectivity index (χ0) is 29.1. The fraction of sp³-hybridized carbons (Fsp3) is 0.727. The summed E-state index contributed by atoms with van der Waals surface area (Å²) in [7, 11) is -3.82. The van der Waals surface area contributed by atoms with Gasteiger partial charge in [-0.2, -0.15) is 15.1 Å². The smallest absolute Gasteiger partial charge is 0.359 e. The quantitative estimate of drug-likeness (QED) is 0.0972. The van der Waals surface area contributed by atoms with E-state index in [1.165, 1.54) is 18.0 Å². The second kappa shape index (κ2) is 12.9. The van der Waals surface area contributed by atoms with Crippen molar-refractivity contribution in [2.75, 3.05) is 38.9 Å². The van der Waals surface area contributed by atoms with Crippen LogP contribution in [0.4, 0.5) is 5.82 Å². The molecule has 0 aromatic carbocycles. The summed E-state index contributed by atoms with van der Waals surface area (Å²) >= 11 is 6.18. The van der Waals surface area contributed by atoms with Crippen molar-refractivity contribution in [3.63, 3.8) is 0 Å². The number of methoxy groups -OCH3 is 1. The third-order valence-corrected chi connectivity index (χ3v) is 8.69. The third-order valence-electron chi connectivity index (χ3n) is 6.98. The number of halogens is 1. The molecule has 40 heavy (non-hydrogen) atoms. The van der Waals surface area contributed by atoms with Crippen LogP contribution in [0.1, 0.15) is 38.3 Å². The minimum absolute atomic E-state index is 0.0567. The van der Waals surface area contributed by atoms with Crippen LogP contribution in [0.3, 0.4) is 0 Å². The highest BCUT2D eigenvalue weighted by atomic mass is 35.5. The predicted molar refractivity (Wildman–Crippen MR) is 138 cm³/mol. The molecule has 1 saturated heterocycles. The van der Waals surface area contributed by atoms with E-state index in [0.717, 1.165) is 25.7 Å². The Hall–Kier alpha value is -1.98. The van der Waals surface area contributed by atoms with Gasteiger partial charge in [0.2, 0.25) is 5.28 Å². The molecule has 0 spiro atoms. The van der Waals surface area contributed by atoms with Crippen molar-refractivity contribution < 1.29 is 53.4 Å². The standard InChI is InChI=1S/C22H33ClN5O11P/c1-36-11-22(40(33,34)35,6-7-37-10-15(29)30)38-9-14-16(31)17(32)20(39-14)28-19-13(8-24-28)18(26-21(23)27-19)25-12-4-2-3-5-12/h8,12,14,16-17,20,31-32H,2-7,9-11H2,1H3,(H,29,30)(H,25,26,27)(H2,33,34,35)/t14-,16-,17-,20-,22?/m1/s1. The lowest BCUT2D eigenvalue weighted by molar-refractivity contribution is -0.144. The van der Waals surface area contributed by atoms with Gasteiger partial charge in [-0.1, -0.05) is 12.8 Å². The van der Waals surface area contributed by atoms with E-state index in [-0.39, 0.29) is 23.6 Å². The van der Waals surface area contributed by atoms with Gasteiger partial charge in [0, 0.05) is 19.6 Å². The number of aliphatic carboxylic acids is 1. The molecule has 1 aliphatic heterocycles. The predicted octanol–water partition coefficient (Wildman–Crippen LogP) is 0.482. The van der Waals surface area contributed by atoms with Gasteiger partial charge >= 0.3 is 13.6 Å². The van der Waals surface area contributed by atoms with Crippen LogP contribution >= 0.6 is 19.2 Å². The maximum absolute atomic E-state index is 12.4. The highest BCUT2D eigenvalue weighted by Crippen LogP contribution is 2.54. The summed E-state index contributed by atoms with van der Waals surface area (Å²) in [4.78, 5) is 39.4. The number of carboxylic acid groups (broad SMARTS) is 1. The highest BCUT2D eigenvalue weighted by Gasteiger charge is 2.51. The average Bonchev–Trinajstić information content (AvgIpc) is 3.60. The van der Waals surface area contributed by atoms with Crippen LogP contribution in [-0.2, 0) is 28.3 Å². The molecule has 6 N–H and O–H groups in total. The molecule has 5 atom stereocenters. The first-order valence-electron chi connectivity index (χ1n) is 12.6. The largest absolute Gasteiger partial charge is 0.480 e. The van der Waals surface area contributed by atoms with Crippen LogP contribution in [0.15, 0.2) is 6.20 Å². The number of aliphatic hydroxyl groups is 2. The maximum Gasteiger partial charge on any atom is 0.359 e. The summed E-state index contributed by atoms with van der Waals surface area (Å²) in [6.07, 6.45) is -0.280. The number of aromatic nitrogens is 4. The Morgan fingerprint density at radius 3 is 2.65 bits per heavy atom. The number of nitrogens with one attached hydrogen (secondary N) is 1. The number of nitrogens with zero attached hydrogens (tertiary/aromatic N) is 4. The second-order valence-electron chi connectivity index (χ2n) is 9.77. The summed E-state index contributed by atoms with van der Waals surface area (Å²) in [5.74, 6) is -0.770. The van der Waals surface area contributed by atoms with Crippen LogP contribution in [0.5, 0.6) is 0 Å². The van der Waals surface area contributed by atoms with Gasteiger partial charge < -0.3 is 49.4 Å². The number of rotatable bonds is 14. The average molecular weight is 610 g/mol. The molecule has 0 bridgehead atoms. The number of hydrogen-bond acceptors (Lipinski definition) is 12. The maximum atomic E-state index is 12.4. The number of aliphatic hydroxyl groups excluding tert-OH is 2. The van der Waals surface area contributed by atoms with E-state index in [2.05, 4.69) is 20.4 Å². The van der Waals surface area contributed by atoms with Gasteiger partial charge in [0.15, 0.2) is 17.2 Å². The van der Waals surface area contributed by atoms with Gasteiger partial charge in [0.05, 0.1) is 31.4 Å². The Bertz CT molecular complexity index is 1230.